The number of hydrogen-bond donors (Lipinski definition) is 1. The highest BCUT2D eigenvalue weighted by Crippen LogP contribution is 2.37. The number of nitrogens with zero attached hydrogens (tertiary/aromatic N) is 1. The van der Waals surface area contributed by atoms with Gasteiger partial charge in [-0.05, 0) is 49.4 Å². The van der Waals surface area contributed by atoms with Gasteiger partial charge in [-0.1, -0.05) is 35.2 Å². The first-order valence-corrected chi connectivity index (χ1v) is 8.21. The summed E-state index contributed by atoms with van der Waals surface area (Å²) < 4.78 is 1.05. The molecule has 2 fully saturated rings. The summed E-state index contributed by atoms with van der Waals surface area (Å²) in [7, 11) is 0. The number of aromatic hydroxyl groups is 1. The lowest BCUT2D eigenvalue weighted by Gasteiger charge is -2.41. The van der Waals surface area contributed by atoms with Gasteiger partial charge >= 0.3 is 0 Å². The molecule has 104 valence electrons. The number of piperidine rings is 1. The average molecular weight is 324 g/mol. The quantitative estimate of drug-likeness (QED) is 0.883. The van der Waals surface area contributed by atoms with Crippen LogP contribution in [-0.2, 0) is 6.54 Å². The van der Waals surface area contributed by atoms with E-state index in [4.69, 9.17) is 0 Å². The largest absolute Gasteiger partial charge is 0.508 e. The maximum Gasteiger partial charge on any atom is 0.120 e. The van der Waals surface area contributed by atoms with E-state index in [9.17, 15) is 5.11 Å². The molecule has 2 nitrogen and oxygen atoms in total. The van der Waals surface area contributed by atoms with Crippen LogP contribution in [0.4, 0.5) is 0 Å². The number of phenolic OH excluding ortho intramolecular Hbond substituents is 1. The number of phenols is 1. The molecule has 1 saturated carbocycles. The van der Waals surface area contributed by atoms with Crippen molar-refractivity contribution in [3.63, 3.8) is 0 Å². The molecule has 0 aromatic heterocycles. The molecule has 3 heteroatoms. The number of fused-ring (bicyclic) bond motifs is 1. The summed E-state index contributed by atoms with van der Waals surface area (Å²) in [5.74, 6) is 2.30. The van der Waals surface area contributed by atoms with Crippen molar-refractivity contribution in [3.8, 4) is 5.75 Å². The Morgan fingerprint density at radius 1 is 1.16 bits per heavy atom. The van der Waals surface area contributed by atoms with Crippen molar-refractivity contribution >= 4 is 15.9 Å². The lowest BCUT2D eigenvalue weighted by molar-refractivity contribution is 0.0815. The predicted molar refractivity (Wildman–Crippen MR) is 81.1 cm³/mol. The third kappa shape index (κ3) is 3.14. The van der Waals surface area contributed by atoms with E-state index < -0.39 is 0 Å². The van der Waals surface area contributed by atoms with Gasteiger partial charge in [0.25, 0.3) is 0 Å². The first-order valence-electron chi connectivity index (χ1n) is 7.42. The molecular weight excluding hydrogens is 302 g/mol. The average Bonchev–Trinajstić information content (AvgIpc) is 2.43. The Kier molecular flexibility index (Phi) is 4.13. The minimum atomic E-state index is 0.425. The van der Waals surface area contributed by atoms with Crippen molar-refractivity contribution in [2.24, 2.45) is 11.8 Å². The van der Waals surface area contributed by atoms with E-state index in [0.717, 1.165) is 28.4 Å². The third-order valence-electron chi connectivity index (χ3n) is 4.81. The fraction of sp³-hybridized carbons (Fsp3) is 0.625. The molecule has 0 radical (unpaired) electrons. The van der Waals surface area contributed by atoms with E-state index in [-0.39, 0.29) is 0 Å². The Labute approximate surface area is 123 Å². The Morgan fingerprint density at radius 3 is 2.79 bits per heavy atom. The smallest absolute Gasteiger partial charge is 0.120 e. The topological polar surface area (TPSA) is 23.5 Å². The van der Waals surface area contributed by atoms with Crippen LogP contribution in [0.5, 0.6) is 5.75 Å². The van der Waals surface area contributed by atoms with Crippen LogP contribution in [-0.4, -0.2) is 23.1 Å². The van der Waals surface area contributed by atoms with Gasteiger partial charge in [0.05, 0.1) is 0 Å². The summed E-state index contributed by atoms with van der Waals surface area (Å²) in [6, 6.07) is 5.72. The van der Waals surface area contributed by atoms with Crippen molar-refractivity contribution < 1.29 is 5.11 Å². The van der Waals surface area contributed by atoms with Crippen LogP contribution < -0.4 is 0 Å². The van der Waals surface area contributed by atoms with Gasteiger partial charge in [-0.15, -0.1) is 0 Å². The Morgan fingerprint density at radius 2 is 1.95 bits per heavy atom. The summed E-state index contributed by atoms with van der Waals surface area (Å²) in [5.41, 5.74) is 1.05. The number of benzene rings is 1. The molecule has 2 atom stereocenters. The van der Waals surface area contributed by atoms with Crippen molar-refractivity contribution in [1.29, 1.82) is 0 Å². The molecule has 19 heavy (non-hydrogen) atoms. The summed E-state index contributed by atoms with van der Waals surface area (Å²) in [4.78, 5) is 2.52. The number of rotatable bonds is 2. The van der Waals surface area contributed by atoms with Crippen molar-refractivity contribution in [3.05, 3.63) is 28.2 Å². The standard InChI is InChI=1S/C16H22BrNO/c17-15-5-6-16(19)14(9-15)11-18-8-7-12-3-1-2-4-13(12)10-18/h5-6,9,12-13,19H,1-4,7-8,10-11H2. The highest BCUT2D eigenvalue weighted by molar-refractivity contribution is 9.10. The van der Waals surface area contributed by atoms with E-state index in [1.807, 2.05) is 12.1 Å². The minimum Gasteiger partial charge on any atom is -0.508 e. The van der Waals surface area contributed by atoms with E-state index >= 15 is 0 Å². The molecule has 1 N–H and O–H groups in total. The zero-order valence-corrected chi connectivity index (χ0v) is 12.9. The summed E-state index contributed by atoms with van der Waals surface area (Å²) in [6.45, 7) is 3.29. The highest BCUT2D eigenvalue weighted by atomic mass is 79.9. The maximum absolute atomic E-state index is 9.95. The second-order valence-electron chi connectivity index (χ2n) is 6.10. The van der Waals surface area contributed by atoms with Gasteiger partial charge in [0, 0.05) is 23.1 Å². The third-order valence-corrected chi connectivity index (χ3v) is 5.30. The van der Waals surface area contributed by atoms with Gasteiger partial charge in [-0.25, -0.2) is 0 Å². The number of halogens is 1. The van der Waals surface area contributed by atoms with Gasteiger partial charge in [0.2, 0.25) is 0 Å². The molecule has 1 saturated heterocycles. The fourth-order valence-corrected chi connectivity index (χ4v) is 4.15. The van der Waals surface area contributed by atoms with E-state index in [1.165, 1.54) is 45.2 Å². The summed E-state index contributed by atoms with van der Waals surface area (Å²) in [6.07, 6.45) is 7.05. The van der Waals surface area contributed by atoms with Crippen LogP contribution in [0.15, 0.2) is 22.7 Å². The summed E-state index contributed by atoms with van der Waals surface area (Å²) in [5, 5.41) is 9.95. The second-order valence-corrected chi connectivity index (χ2v) is 7.02. The molecule has 1 heterocycles. The van der Waals surface area contributed by atoms with Gasteiger partial charge in [-0.2, -0.15) is 0 Å². The molecule has 0 spiro atoms. The summed E-state index contributed by atoms with van der Waals surface area (Å²) >= 11 is 3.49. The molecule has 1 aromatic carbocycles. The van der Waals surface area contributed by atoms with E-state index in [2.05, 4.69) is 20.8 Å². The molecule has 1 aromatic rings. The van der Waals surface area contributed by atoms with Crippen LogP contribution >= 0.6 is 15.9 Å². The van der Waals surface area contributed by atoms with Crippen LogP contribution in [0, 0.1) is 11.8 Å². The second kappa shape index (κ2) is 5.84. The molecule has 3 rings (SSSR count). The maximum atomic E-state index is 9.95. The molecule has 1 aliphatic carbocycles. The minimum absolute atomic E-state index is 0.425. The van der Waals surface area contributed by atoms with Gasteiger partial charge in [0.1, 0.15) is 5.75 Å². The van der Waals surface area contributed by atoms with Crippen LogP contribution in [0.2, 0.25) is 0 Å². The lowest BCUT2D eigenvalue weighted by atomic mass is 9.75. The zero-order chi connectivity index (χ0) is 13.2. The zero-order valence-electron chi connectivity index (χ0n) is 11.3. The van der Waals surface area contributed by atoms with Crippen molar-refractivity contribution in [2.45, 2.75) is 38.6 Å². The normalized spacial score (nSPS) is 28.1. The molecule has 2 aliphatic rings. The highest BCUT2D eigenvalue weighted by Gasteiger charge is 2.31. The van der Waals surface area contributed by atoms with E-state index in [1.54, 1.807) is 6.07 Å². The van der Waals surface area contributed by atoms with Crippen LogP contribution in [0.3, 0.4) is 0 Å². The van der Waals surface area contributed by atoms with E-state index in [0.29, 0.717) is 5.75 Å². The molecule has 0 amide bonds. The first kappa shape index (κ1) is 13.4. The number of likely N-dealkylation sites (tertiary alicyclic amines) is 1. The molecule has 1 aliphatic heterocycles. The molecule has 0 bridgehead atoms. The Bertz CT molecular complexity index is 448. The number of hydrogen-bond acceptors (Lipinski definition) is 2. The van der Waals surface area contributed by atoms with Gasteiger partial charge in [0.15, 0.2) is 0 Å². The van der Waals surface area contributed by atoms with Gasteiger partial charge in [-0.3, -0.25) is 4.90 Å². The fourth-order valence-electron chi connectivity index (χ4n) is 3.74. The Hall–Kier alpha value is -0.540. The predicted octanol–water partition coefficient (Wildman–Crippen LogP) is 4.17. The van der Waals surface area contributed by atoms with Crippen LogP contribution in [0.1, 0.15) is 37.7 Å². The van der Waals surface area contributed by atoms with Crippen LogP contribution in [0.25, 0.3) is 0 Å². The SMILES string of the molecule is Oc1ccc(Br)cc1CN1CCC2CCCCC2C1. The Balaban J connectivity index is 1.65. The molecule has 2 unspecified atom stereocenters. The molecular formula is C16H22BrNO. The monoisotopic (exact) mass is 323 g/mol. The van der Waals surface area contributed by atoms with Crippen molar-refractivity contribution in [1.82, 2.24) is 4.90 Å². The lowest BCUT2D eigenvalue weighted by Crippen LogP contribution is -2.41. The van der Waals surface area contributed by atoms with Crippen molar-refractivity contribution in [2.75, 3.05) is 13.1 Å². The first-order chi connectivity index (χ1) is 9.22. The van der Waals surface area contributed by atoms with Gasteiger partial charge < -0.3 is 5.11 Å².